The van der Waals surface area contributed by atoms with Gasteiger partial charge in [-0.1, -0.05) is 6.07 Å². The number of fused-ring (bicyclic) bond motifs is 1. The first-order chi connectivity index (χ1) is 11.1. The maximum absolute atomic E-state index is 11.9. The van der Waals surface area contributed by atoms with Crippen LogP contribution in [0.1, 0.15) is 45.7 Å². The standard InChI is InChI=1S/C19H30N2O3/c1-18(2,3)20-17(22)24-15-7-8-16-14(13-15)9-10-21(11-12-23-6)19(16,4)5/h7-8,13H,9-12H2,1-6H3,(H,20,22). The monoisotopic (exact) mass is 334 g/mol. The molecule has 5 heteroatoms. The summed E-state index contributed by atoms with van der Waals surface area (Å²) in [5, 5.41) is 2.81. The average Bonchev–Trinajstić information content (AvgIpc) is 2.44. The summed E-state index contributed by atoms with van der Waals surface area (Å²) in [4.78, 5) is 14.4. The summed E-state index contributed by atoms with van der Waals surface area (Å²) >= 11 is 0. The molecule has 24 heavy (non-hydrogen) atoms. The summed E-state index contributed by atoms with van der Waals surface area (Å²) in [7, 11) is 1.73. The van der Waals surface area contributed by atoms with Gasteiger partial charge in [0.1, 0.15) is 5.75 Å². The van der Waals surface area contributed by atoms with Crippen LogP contribution in [0, 0.1) is 0 Å². The number of nitrogens with zero attached hydrogens (tertiary/aromatic N) is 1. The second-order valence-corrected chi connectivity index (χ2v) is 7.87. The lowest BCUT2D eigenvalue weighted by atomic mass is 9.83. The molecule has 134 valence electrons. The van der Waals surface area contributed by atoms with Crippen molar-refractivity contribution in [3.8, 4) is 5.75 Å². The summed E-state index contributed by atoms with van der Waals surface area (Å²) in [6.07, 6.45) is 0.528. The molecule has 0 aliphatic carbocycles. The lowest BCUT2D eigenvalue weighted by Gasteiger charge is -2.44. The fourth-order valence-corrected chi connectivity index (χ4v) is 3.17. The van der Waals surface area contributed by atoms with E-state index in [0.717, 1.165) is 26.1 Å². The predicted molar refractivity (Wildman–Crippen MR) is 95.5 cm³/mol. The van der Waals surface area contributed by atoms with E-state index in [9.17, 15) is 4.79 Å². The third-order valence-corrected chi connectivity index (χ3v) is 4.43. The molecule has 1 aliphatic rings. The molecule has 0 aromatic heterocycles. The molecule has 1 aliphatic heterocycles. The highest BCUT2D eigenvalue weighted by Crippen LogP contribution is 2.36. The van der Waals surface area contributed by atoms with E-state index in [0.29, 0.717) is 5.75 Å². The van der Waals surface area contributed by atoms with E-state index >= 15 is 0 Å². The Kier molecular flexibility index (Phi) is 5.56. The highest BCUT2D eigenvalue weighted by Gasteiger charge is 2.34. The Morgan fingerprint density at radius 1 is 1.33 bits per heavy atom. The number of methoxy groups -OCH3 is 1. The molecule has 1 aromatic carbocycles. The molecule has 0 fully saturated rings. The Morgan fingerprint density at radius 3 is 2.67 bits per heavy atom. The van der Waals surface area contributed by atoms with Gasteiger partial charge in [-0.2, -0.15) is 0 Å². The van der Waals surface area contributed by atoms with E-state index in [1.54, 1.807) is 7.11 Å². The average molecular weight is 334 g/mol. The van der Waals surface area contributed by atoms with Crippen LogP contribution in [0.5, 0.6) is 5.75 Å². The highest BCUT2D eigenvalue weighted by molar-refractivity contribution is 5.71. The molecule has 0 bridgehead atoms. The van der Waals surface area contributed by atoms with Gasteiger partial charge >= 0.3 is 6.09 Å². The van der Waals surface area contributed by atoms with Crippen molar-refractivity contribution < 1.29 is 14.3 Å². The van der Waals surface area contributed by atoms with Gasteiger partial charge in [-0.3, -0.25) is 4.90 Å². The van der Waals surface area contributed by atoms with E-state index in [2.05, 4.69) is 30.1 Å². The van der Waals surface area contributed by atoms with E-state index in [1.165, 1.54) is 11.1 Å². The van der Waals surface area contributed by atoms with E-state index in [4.69, 9.17) is 9.47 Å². The molecule has 0 spiro atoms. The molecule has 0 unspecified atom stereocenters. The van der Waals surface area contributed by atoms with Crippen LogP contribution in [-0.2, 0) is 16.7 Å². The van der Waals surface area contributed by atoms with E-state index in [-0.39, 0.29) is 11.1 Å². The lowest BCUT2D eigenvalue weighted by Crippen LogP contribution is -2.48. The number of carbonyl (C=O) groups is 1. The summed E-state index contributed by atoms with van der Waals surface area (Å²) in [5.74, 6) is 0.594. The van der Waals surface area contributed by atoms with Gasteiger partial charge in [-0.05, 0) is 64.3 Å². The number of amides is 1. The van der Waals surface area contributed by atoms with Crippen molar-refractivity contribution in [2.45, 2.75) is 52.1 Å². The number of nitrogens with one attached hydrogen (secondary N) is 1. The molecule has 2 rings (SSSR count). The van der Waals surface area contributed by atoms with Crippen LogP contribution in [0.3, 0.4) is 0 Å². The second-order valence-electron chi connectivity index (χ2n) is 7.87. The van der Waals surface area contributed by atoms with Crippen LogP contribution in [0.4, 0.5) is 4.79 Å². The lowest BCUT2D eigenvalue weighted by molar-refractivity contribution is 0.0676. The Hall–Kier alpha value is -1.59. The molecule has 0 saturated carbocycles. The predicted octanol–water partition coefficient (Wildman–Crippen LogP) is 3.31. The molecule has 5 nitrogen and oxygen atoms in total. The first-order valence-electron chi connectivity index (χ1n) is 8.51. The van der Waals surface area contributed by atoms with Crippen molar-refractivity contribution in [1.29, 1.82) is 0 Å². The molecular weight excluding hydrogens is 304 g/mol. The largest absolute Gasteiger partial charge is 0.413 e. The van der Waals surface area contributed by atoms with Crippen LogP contribution in [0.25, 0.3) is 0 Å². The summed E-state index contributed by atoms with van der Waals surface area (Å²) in [5.41, 5.74) is 2.16. The molecule has 1 heterocycles. The number of rotatable bonds is 4. The Bertz CT molecular complexity index is 591. The van der Waals surface area contributed by atoms with Crippen LogP contribution >= 0.6 is 0 Å². The van der Waals surface area contributed by atoms with Crippen molar-refractivity contribution in [3.63, 3.8) is 0 Å². The van der Waals surface area contributed by atoms with Gasteiger partial charge in [0, 0.05) is 31.3 Å². The first-order valence-corrected chi connectivity index (χ1v) is 8.51. The minimum atomic E-state index is -0.417. The maximum Gasteiger partial charge on any atom is 0.413 e. The Balaban J connectivity index is 2.14. The number of ether oxygens (including phenoxy) is 2. The minimum absolute atomic E-state index is 0.0572. The van der Waals surface area contributed by atoms with Crippen LogP contribution in [0.2, 0.25) is 0 Å². The number of hydrogen-bond acceptors (Lipinski definition) is 4. The van der Waals surface area contributed by atoms with Crippen LogP contribution in [0.15, 0.2) is 18.2 Å². The topological polar surface area (TPSA) is 50.8 Å². The fourth-order valence-electron chi connectivity index (χ4n) is 3.17. The van der Waals surface area contributed by atoms with Crippen molar-refractivity contribution in [1.82, 2.24) is 10.2 Å². The normalized spacial score (nSPS) is 17.2. The van der Waals surface area contributed by atoms with Gasteiger partial charge in [0.15, 0.2) is 0 Å². The maximum atomic E-state index is 11.9. The zero-order chi connectivity index (χ0) is 18.0. The summed E-state index contributed by atoms with van der Waals surface area (Å²) in [6.45, 7) is 12.9. The highest BCUT2D eigenvalue weighted by atomic mass is 16.6. The van der Waals surface area contributed by atoms with Gasteiger partial charge in [-0.15, -0.1) is 0 Å². The second kappa shape index (κ2) is 7.11. The number of carbonyl (C=O) groups excluding carboxylic acids is 1. The smallest absolute Gasteiger partial charge is 0.410 e. The van der Waals surface area contributed by atoms with Crippen molar-refractivity contribution in [3.05, 3.63) is 29.3 Å². The van der Waals surface area contributed by atoms with Gasteiger partial charge in [-0.25, -0.2) is 4.79 Å². The van der Waals surface area contributed by atoms with Gasteiger partial charge in [0.25, 0.3) is 0 Å². The molecule has 0 atom stereocenters. The molecule has 0 saturated heterocycles. The van der Waals surface area contributed by atoms with Gasteiger partial charge in [0.05, 0.1) is 6.61 Å². The molecule has 1 amide bonds. The Morgan fingerprint density at radius 2 is 2.04 bits per heavy atom. The molecular formula is C19H30N2O3. The quantitative estimate of drug-likeness (QED) is 0.918. The Labute approximate surface area is 145 Å². The third-order valence-electron chi connectivity index (χ3n) is 4.43. The summed E-state index contributed by atoms with van der Waals surface area (Å²) < 4.78 is 10.7. The van der Waals surface area contributed by atoms with Crippen LogP contribution in [-0.4, -0.2) is 43.3 Å². The van der Waals surface area contributed by atoms with Crippen molar-refractivity contribution in [2.24, 2.45) is 0 Å². The molecule has 0 radical (unpaired) electrons. The zero-order valence-corrected chi connectivity index (χ0v) is 15.7. The third kappa shape index (κ3) is 4.48. The van der Waals surface area contributed by atoms with Gasteiger partial charge in [0.2, 0.25) is 0 Å². The zero-order valence-electron chi connectivity index (χ0n) is 15.7. The van der Waals surface area contributed by atoms with Crippen molar-refractivity contribution >= 4 is 6.09 Å². The number of benzene rings is 1. The van der Waals surface area contributed by atoms with E-state index < -0.39 is 6.09 Å². The van der Waals surface area contributed by atoms with Crippen molar-refractivity contribution in [2.75, 3.05) is 26.8 Å². The molecule has 1 N–H and O–H groups in total. The minimum Gasteiger partial charge on any atom is -0.410 e. The van der Waals surface area contributed by atoms with Crippen LogP contribution < -0.4 is 10.1 Å². The SMILES string of the molecule is COCCN1CCc2cc(OC(=O)NC(C)(C)C)ccc2C1(C)C. The number of hydrogen-bond donors (Lipinski definition) is 1. The molecule has 1 aromatic rings. The van der Waals surface area contributed by atoms with Gasteiger partial charge < -0.3 is 14.8 Å². The first kappa shape index (κ1) is 18.7. The fraction of sp³-hybridized carbons (Fsp3) is 0.632. The van der Waals surface area contributed by atoms with E-state index in [1.807, 2.05) is 32.9 Å². The summed E-state index contributed by atoms with van der Waals surface area (Å²) in [6, 6.07) is 5.95.